The molecule has 1 saturated heterocycles. The maximum absolute atomic E-state index is 11.5. The smallest absolute Gasteiger partial charge is 0.408 e. The predicted octanol–water partition coefficient (Wildman–Crippen LogP) is 1.18. The second-order valence-corrected chi connectivity index (χ2v) is 5.19. The van der Waals surface area contributed by atoms with Gasteiger partial charge in [0.15, 0.2) is 0 Å². The molecule has 2 atom stereocenters. The van der Waals surface area contributed by atoms with Crippen molar-refractivity contribution < 1.29 is 14.3 Å². The van der Waals surface area contributed by atoms with Gasteiger partial charge in [-0.3, -0.25) is 4.79 Å². The first-order valence-electron chi connectivity index (χ1n) is 5.58. The van der Waals surface area contributed by atoms with Crippen LogP contribution in [0.5, 0.6) is 0 Å². The molecule has 2 amide bonds. The maximum Gasteiger partial charge on any atom is 0.408 e. The summed E-state index contributed by atoms with van der Waals surface area (Å²) in [6, 6.07) is -0.282. The fraction of sp³-hybridized carbons (Fsp3) is 0.818. The Hall–Kier alpha value is -1.26. The zero-order chi connectivity index (χ0) is 12.3. The van der Waals surface area contributed by atoms with Gasteiger partial charge in [0, 0.05) is 6.04 Å². The lowest BCUT2D eigenvalue weighted by atomic mass is 10.0. The largest absolute Gasteiger partial charge is 0.444 e. The van der Waals surface area contributed by atoms with Crippen LogP contribution in [-0.2, 0) is 9.53 Å². The molecule has 1 aliphatic rings. The van der Waals surface area contributed by atoms with Crippen LogP contribution in [-0.4, -0.2) is 29.7 Å². The molecular weight excluding hydrogens is 208 g/mol. The summed E-state index contributed by atoms with van der Waals surface area (Å²) in [6.45, 7) is 7.31. The summed E-state index contributed by atoms with van der Waals surface area (Å²) in [5.74, 6) is -0.135. The molecule has 1 heterocycles. The van der Waals surface area contributed by atoms with E-state index in [2.05, 4.69) is 10.6 Å². The Bertz CT molecular complexity index is 283. The number of piperidine rings is 1. The van der Waals surface area contributed by atoms with Gasteiger partial charge in [0.2, 0.25) is 5.91 Å². The van der Waals surface area contributed by atoms with Gasteiger partial charge in [-0.1, -0.05) is 0 Å². The molecule has 2 N–H and O–H groups in total. The van der Waals surface area contributed by atoms with E-state index in [4.69, 9.17) is 4.74 Å². The van der Waals surface area contributed by atoms with Gasteiger partial charge in [-0.15, -0.1) is 0 Å². The SMILES string of the molecule is C[C@@H]1CC[C@@H](NC(=O)OC(C)(C)C)C(=O)N1. The molecule has 0 bridgehead atoms. The van der Waals surface area contributed by atoms with Crippen LogP contribution in [0.3, 0.4) is 0 Å². The van der Waals surface area contributed by atoms with Crippen LogP contribution in [0.2, 0.25) is 0 Å². The van der Waals surface area contributed by atoms with Gasteiger partial charge in [-0.25, -0.2) is 4.79 Å². The third-order valence-corrected chi connectivity index (χ3v) is 2.28. The summed E-state index contributed by atoms with van der Waals surface area (Å²) in [5.41, 5.74) is -0.539. The highest BCUT2D eigenvalue weighted by Gasteiger charge is 2.28. The van der Waals surface area contributed by atoms with Gasteiger partial charge in [-0.05, 0) is 40.5 Å². The molecule has 16 heavy (non-hydrogen) atoms. The fourth-order valence-corrected chi connectivity index (χ4v) is 1.55. The van der Waals surface area contributed by atoms with Crippen molar-refractivity contribution in [3.05, 3.63) is 0 Å². The number of nitrogens with one attached hydrogen (secondary N) is 2. The number of carbonyl (C=O) groups is 2. The van der Waals surface area contributed by atoms with Crippen LogP contribution < -0.4 is 10.6 Å². The lowest BCUT2D eigenvalue weighted by Gasteiger charge is -2.28. The van der Waals surface area contributed by atoms with Crippen LogP contribution >= 0.6 is 0 Å². The Morgan fingerprint density at radius 2 is 2.06 bits per heavy atom. The van der Waals surface area contributed by atoms with E-state index in [0.29, 0.717) is 6.42 Å². The highest BCUT2D eigenvalue weighted by Crippen LogP contribution is 2.11. The number of hydrogen-bond donors (Lipinski definition) is 2. The number of hydrogen-bond acceptors (Lipinski definition) is 3. The molecule has 5 nitrogen and oxygen atoms in total. The zero-order valence-electron chi connectivity index (χ0n) is 10.3. The van der Waals surface area contributed by atoms with Crippen LogP contribution in [0.4, 0.5) is 4.79 Å². The normalized spacial score (nSPS) is 25.9. The highest BCUT2D eigenvalue weighted by molar-refractivity contribution is 5.86. The molecule has 0 aliphatic carbocycles. The summed E-state index contributed by atoms with van der Waals surface area (Å²) in [6.07, 6.45) is 0.987. The first-order chi connectivity index (χ1) is 7.28. The van der Waals surface area contributed by atoms with Gasteiger partial charge < -0.3 is 15.4 Å². The zero-order valence-corrected chi connectivity index (χ0v) is 10.3. The molecule has 1 fully saturated rings. The van der Waals surface area contributed by atoms with E-state index in [9.17, 15) is 9.59 Å². The molecule has 0 aromatic carbocycles. The summed E-state index contributed by atoms with van der Waals surface area (Å²) in [7, 11) is 0. The van der Waals surface area contributed by atoms with Crippen molar-refractivity contribution in [2.24, 2.45) is 0 Å². The van der Waals surface area contributed by atoms with E-state index in [1.807, 2.05) is 6.92 Å². The Morgan fingerprint density at radius 1 is 1.44 bits per heavy atom. The predicted molar refractivity (Wildman–Crippen MR) is 60.0 cm³/mol. The molecule has 92 valence electrons. The number of carbonyl (C=O) groups excluding carboxylic acids is 2. The second-order valence-electron chi connectivity index (χ2n) is 5.19. The van der Waals surface area contributed by atoms with E-state index >= 15 is 0 Å². The van der Waals surface area contributed by atoms with Gasteiger partial charge in [-0.2, -0.15) is 0 Å². The topological polar surface area (TPSA) is 67.4 Å². The summed E-state index contributed by atoms with van der Waals surface area (Å²) < 4.78 is 5.09. The average molecular weight is 228 g/mol. The quantitative estimate of drug-likeness (QED) is 0.708. The lowest BCUT2D eigenvalue weighted by Crippen LogP contribution is -2.53. The average Bonchev–Trinajstić information content (AvgIpc) is 2.06. The minimum atomic E-state index is -0.540. The van der Waals surface area contributed by atoms with Gasteiger partial charge >= 0.3 is 6.09 Å². The first kappa shape index (κ1) is 12.8. The highest BCUT2D eigenvalue weighted by atomic mass is 16.6. The van der Waals surface area contributed by atoms with E-state index in [1.165, 1.54) is 0 Å². The molecule has 0 aromatic heterocycles. The third-order valence-electron chi connectivity index (χ3n) is 2.28. The van der Waals surface area contributed by atoms with Crippen LogP contribution in [0.1, 0.15) is 40.5 Å². The minimum absolute atomic E-state index is 0.135. The van der Waals surface area contributed by atoms with Crippen molar-refractivity contribution in [3.8, 4) is 0 Å². The molecule has 5 heteroatoms. The number of alkyl carbamates (subject to hydrolysis) is 1. The van der Waals surface area contributed by atoms with Crippen molar-refractivity contribution in [3.63, 3.8) is 0 Å². The monoisotopic (exact) mass is 228 g/mol. The van der Waals surface area contributed by atoms with E-state index in [0.717, 1.165) is 6.42 Å². The van der Waals surface area contributed by atoms with Crippen LogP contribution in [0, 0.1) is 0 Å². The molecule has 1 rings (SSSR count). The fourth-order valence-electron chi connectivity index (χ4n) is 1.55. The molecule has 0 saturated carbocycles. The minimum Gasteiger partial charge on any atom is -0.444 e. The summed E-state index contributed by atoms with van der Waals surface area (Å²) in [4.78, 5) is 23.0. The maximum atomic E-state index is 11.5. The second kappa shape index (κ2) is 4.72. The first-order valence-corrected chi connectivity index (χ1v) is 5.58. The van der Waals surface area contributed by atoms with Gasteiger partial charge in [0.05, 0.1) is 0 Å². The number of ether oxygens (including phenoxy) is 1. The Kier molecular flexibility index (Phi) is 3.78. The number of amides is 2. The summed E-state index contributed by atoms with van der Waals surface area (Å²) in [5, 5.41) is 5.36. The van der Waals surface area contributed by atoms with Gasteiger partial charge in [0.25, 0.3) is 0 Å². The molecule has 1 aliphatic heterocycles. The van der Waals surface area contributed by atoms with Gasteiger partial charge in [0.1, 0.15) is 11.6 Å². The Balaban J connectivity index is 2.43. The lowest BCUT2D eigenvalue weighted by molar-refractivity contribution is -0.125. The molecule has 0 unspecified atom stereocenters. The standard InChI is InChI=1S/C11H20N2O3/c1-7-5-6-8(9(14)12-7)13-10(15)16-11(2,3)4/h7-8H,5-6H2,1-4H3,(H,12,14)(H,13,15)/t7-,8-/m1/s1. The number of rotatable bonds is 1. The van der Waals surface area contributed by atoms with E-state index in [-0.39, 0.29) is 11.9 Å². The van der Waals surface area contributed by atoms with Crippen LogP contribution in [0.25, 0.3) is 0 Å². The Labute approximate surface area is 95.9 Å². The van der Waals surface area contributed by atoms with Crippen molar-refractivity contribution in [1.82, 2.24) is 10.6 Å². The van der Waals surface area contributed by atoms with Crippen molar-refractivity contribution in [2.45, 2.75) is 58.2 Å². The molecule has 0 spiro atoms. The van der Waals surface area contributed by atoms with Crippen LogP contribution in [0.15, 0.2) is 0 Å². The molecular formula is C11H20N2O3. The van der Waals surface area contributed by atoms with E-state index in [1.54, 1.807) is 20.8 Å². The van der Waals surface area contributed by atoms with Crippen molar-refractivity contribution in [2.75, 3.05) is 0 Å². The van der Waals surface area contributed by atoms with Crippen molar-refractivity contribution >= 4 is 12.0 Å². The Morgan fingerprint density at radius 3 is 2.56 bits per heavy atom. The summed E-state index contributed by atoms with van der Waals surface area (Å²) >= 11 is 0. The third kappa shape index (κ3) is 4.08. The van der Waals surface area contributed by atoms with E-state index < -0.39 is 17.7 Å². The molecule has 0 radical (unpaired) electrons. The molecule has 0 aromatic rings. The van der Waals surface area contributed by atoms with Crippen molar-refractivity contribution in [1.29, 1.82) is 0 Å².